The Hall–Kier alpha value is -1.71. The average Bonchev–Trinajstić information content (AvgIpc) is 3.26. The molecule has 136 valence electrons. The SMILES string of the molecule is CCNC(=NCC1CCN(c2ccccc2)C1)N1CCC2(CCC2)C1. The minimum Gasteiger partial charge on any atom is -0.371 e. The predicted molar refractivity (Wildman–Crippen MR) is 105 cm³/mol. The highest BCUT2D eigenvalue weighted by Gasteiger charge is 2.43. The summed E-state index contributed by atoms with van der Waals surface area (Å²) in [5.74, 6) is 1.83. The summed E-state index contributed by atoms with van der Waals surface area (Å²) in [5, 5.41) is 3.54. The van der Waals surface area contributed by atoms with Gasteiger partial charge in [-0.15, -0.1) is 0 Å². The van der Waals surface area contributed by atoms with Crippen molar-refractivity contribution in [3.63, 3.8) is 0 Å². The highest BCUT2D eigenvalue weighted by Crippen LogP contribution is 2.47. The molecule has 0 bridgehead atoms. The van der Waals surface area contributed by atoms with Crippen LogP contribution in [0, 0.1) is 11.3 Å². The normalized spacial score (nSPS) is 25.5. The summed E-state index contributed by atoms with van der Waals surface area (Å²) >= 11 is 0. The fraction of sp³-hybridized carbons (Fsp3) is 0.667. The van der Waals surface area contributed by atoms with Crippen molar-refractivity contribution in [3.05, 3.63) is 30.3 Å². The van der Waals surface area contributed by atoms with Gasteiger partial charge in [0.15, 0.2) is 5.96 Å². The number of aliphatic imine (C=N–C) groups is 1. The van der Waals surface area contributed by atoms with Crippen LogP contribution in [0.4, 0.5) is 5.69 Å². The largest absolute Gasteiger partial charge is 0.371 e. The van der Waals surface area contributed by atoms with Gasteiger partial charge in [-0.25, -0.2) is 0 Å². The Kier molecular flexibility index (Phi) is 4.87. The summed E-state index contributed by atoms with van der Waals surface area (Å²) in [5.41, 5.74) is 1.99. The van der Waals surface area contributed by atoms with Crippen LogP contribution in [0.25, 0.3) is 0 Å². The summed E-state index contributed by atoms with van der Waals surface area (Å²) in [4.78, 5) is 10.1. The van der Waals surface area contributed by atoms with E-state index in [-0.39, 0.29) is 0 Å². The Labute approximate surface area is 152 Å². The molecule has 1 aromatic rings. The Morgan fingerprint density at radius 3 is 2.72 bits per heavy atom. The van der Waals surface area contributed by atoms with Crippen LogP contribution in [0.1, 0.15) is 39.0 Å². The van der Waals surface area contributed by atoms with Crippen molar-refractivity contribution >= 4 is 11.6 Å². The molecule has 25 heavy (non-hydrogen) atoms. The topological polar surface area (TPSA) is 30.9 Å². The Morgan fingerprint density at radius 2 is 2.04 bits per heavy atom. The van der Waals surface area contributed by atoms with E-state index < -0.39 is 0 Å². The average molecular weight is 341 g/mol. The highest BCUT2D eigenvalue weighted by molar-refractivity contribution is 5.80. The Bertz CT molecular complexity index is 593. The Morgan fingerprint density at radius 1 is 1.20 bits per heavy atom. The van der Waals surface area contributed by atoms with Gasteiger partial charge in [-0.2, -0.15) is 0 Å². The summed E-state index contributed by atoms with van der Waals surface area (Å²) in [6, 6.07) is 10.8. The quantitative estimate of drug-likeness (QED) is 0.673. The molecule has 0 amide bonds. The number of anilines is 1. The minimum atomic E-state index is 0.633. The lowest BCUT2D eigenvalue weighted by Gasteiger charge is -2.38. The maximum Gasteiger partial charge on any atom is 0.193 e. The van der Waals surface area contributed by atoms with Gasteiger partial charge >= 0.3 is 0 Å². The van der Waals surface area contributed by atoms with Crippen LogP contribution < -0.4 is 10.2 Å². The first kappa shape index (κ1) is 16.7. The second kappa shape index (κ2) is 7.27. The zero-order chi connectivity index (χ0) is 17.1. The second-order valence-corrected chi connectivity index (χ2v) is 8.16. The molecule has 4 nitrogen and oxygen atoms in total. The molecule has 3 aliphatic rings. The van der Waals surface area contributed by atoms with Crippen LogP contribution in [-0.2, 0) is 0 Å². The number of benzene rings is 1. The summed E-state index contributed by atoms with van der Waals surface area (Å²) in [6.45, 7) is 8.80. The molecule has 0 radical (unpaired) electrons. The highest BCUT2D eigenvalue weighted by atomic mass is 15.3. The van der Waals surface area contributed by atoms with Crippen molar-refractivity contribution in [3.8, 4) is 0 Å². The van der Waals surface area contributed by atoms with E-state index in [2.05, 4.69) is 52.4 Å². The minimum absolute atomic E-state index is 0.633. The molecule has 4 rings (SSSR count). The summed E-state index contributed by atoms with van der Waals surface area (Å²) in [6.07, 6.45) is 6.90. The molecule has 1 aliphatic carbocycles. The number of para-hydroxylation sites is 1. The molecule has 4 heteroatoms. The fourth-order valence-corrected chi connectivity index (χ4v) is 4.70. The van der Waals surface area contributed by atoms with Gasteiger partial charge in [0.05, 0.1) is 0 Å². The third-order valence-electron chi connectivity index (χ3n) is 6.39. The van der Waals surface area contributed by atoms with E-state index >= 15 is 0 Å². The van der Waals surface area contributed by atoms with Crippen LogP contribution in [0.15, 0.2) is 35.3 Å². The van der Waals surface area contributed by atoms with Gasteiger partial charge in [0.25, 0.3) is 0 Å². The van der Waals surface area contributed by atoms with Crippen molar-refractivity contribution in [1.29, 1.82) is 0 Å². The molecular weight excluding hydrogens is 308 g/mol. The third kappa shape index (κ3) is 3.63. The maximum atomic E-state index is 5.03. The van der Waals surface area contributed by atoms with Crippen molar-refractivity contribution in [2.75, 3.05) is 44.2 Å². The smallest absolute Gasteiger partial charge is 0.193 e. The van der Waals surface area contributed by atoms with Crippen LogP contribution in [0.2, 0.25) is 0 Å². The van der Waals surface area contributed by atoms with Crippen molar-refractivity contribution < 1.29 is 0 Å². The molecule has 1 spiro atoms. The number of rotatable bonds is 4. The zero-order valence-electron chi connectivity index (χ0n) is 15.6. The molecule has 2 aliphatic heterocycles. The number of hydrogen-bond acceptors (Lipinski definition) is 2. The monoisotopic (exact) mass is 340 g/mol. The third-order valence-corrected chi connectivity index (χ3v) is 6.39. The first-order chi connectivity index (χ1) is 12.3. The molecule has 1 unspecified atom stereocenters. The molecule has 2 saturated heterocycles. The van der Waals surface area contributed by atoms with Gasteiger partial charge in [0.2, 0.25) is 0 Å². The summed E-state index contributed by atoms with van der Waals surface area (Å²) in [7, 11) is 0. The van der Waals surface area contributed by atoms with Gasteiger partial charge in [0.1, 0.15) is 0 Å². The standard InChI is InChI=1S/C21H32N4/c1-2-22-20(25-14-12-21(17-25)10-6-11-21)23-15-18-9-13-24(16-18)19-7-4-3-5-8-19/h3-5,7-8,18H,2,6,9-17H2,1H3,(H,22,23). The van der Waals surface area contributed by atoms with Crippen molar-refractivity contribution in [2.45, 2.75) is 39.0 Å². The molecule has 1 atom stereocenters. The first-order valence-electron chi connectivity index (χ1n) is 10.1. The second-order valence-electron chi connectivity index (χ2n) is 8.16. The molecule has 3 fully saturated rings. The van der Waals surface area contributed by atoms with Crippen LogP contribution >= 0.6 is 0 Å². The van der Waals surface area contributed by atoms with E-state index in [1.54, 1.807) is 0 Å². The van der Waals surface area contributed by atoms with Gasteiger partial charge in [-0.3, -0.25) is 4.99 Å². The van der Waals surface area contributed by atoms with E-state index in [0.717, 1.165) is 32.1 Å². The molecular formula is C21H32N4. The van der Waals surface area contributed by atoms with Gasteiger partial charge in [-0.05, 0) is 56.1 Å². The molecule has 2 heterocycles. The van der Waals surface area contributed by atoms with E-state index in [9.17, 15) is 0 Å². The maximum absolute atomic E-state index is 5.03. The molecule has 1 N–H and O–H groups in total. The lowest BCUT2D eigenvalue weighted by molar-refractivity contribution is 0.151. The molecule has 1 saturated carbocycles. The molecule has 1 aromatic carbocycles. The van der Waals surface area contributed by atoms with Gasteiger partial charge in [0, 0.05) is 45.0 Å². The van der Waals surface area contributed by atoms with Crippen LogP contribution in [0.5, 0.6) is 0 Å². The van der Waals surface area contributed by atoms with E-state index in [0.29, 0.717) is 11.3 Å². The lowest BCUT2D eigenvalue weighted by atomic mass is 9.68. The number of nitrogens with zero attached hydrogens (tertiary/aromatic N) is 3. The van der Waals surface area contributed by atoms with Gasteiger partial charge in [-0.1, -0.05) is 24.6 Å². The number of likely N-dealkylation sites (tertiary alicyclic amines) is 1. The van der Waals surface area contributed by atoms with Crippen molar-refractivity contribution in [2.24, 2.45) is 16.3 Å². The zero-order valence-corrected chi connectivity index (χ0v) is 15.6. The lowest BCUT2D eigenvalue weighted by Crippen LogP contribution is -2.42. The predicted octanol–water partition coefficient (Wildman–Crippen LogP) is 3.35. The fourth-order valence-electron chi connectivity index (χ4n) is 4.70. The number of nitrogens with one attached hydrogen (secondary N) is 1. The first-order valence-corrected chi connectivity index (χ1v) is 10.1. The number of hydrogen-bond donors (Lipinski definition) is 1. The Balaban J connectivity index is 1.34. The van der Waals surface area contributed by atoms with Gasteiger partial charge < -0.3 is 15.1 Å². The van der Waals surface area contributed by atoms with Crippen LogP contribution in [0.3, 0.4) is 0 Å². The van der Waals surface area contributed by atoms with Crippen molar-refractivity contribution in [1.82, 2.24) is 10.2 Å². The molecule has 0 aromatic heterocycles. The van der Waals surface area contributed by atoms with E-state index in [4.69, 9.17) is 4.99 Å². The summed E-state index contributed by atoms with van der Waals surface area (Å²) < 4.78 is 0. The van der Waals surface area contributed by atoms with Crippen LogP contribution in [-0.4, -0.2) is 50.1 Å². The van der Waals surface area contributed by atoms with E-state index in [1.807, 2.05) is 0 Å². The van der Waals surface area contributed by atoms with E-state index in [1.165, 1.54) is 50.9 Å². The number of guanidine groups is 1.